The molecule has 0 unspecified atom stereocenters. The predicted octanol–water partition coefficient (Wildman–Crippen LogP) is 5.89. The lowest BCUT2D eigenvalue weighted by molar-refractivity contribution is -0.122. The number of amides is 4. The van der Waals surface area contributed by atoms with Gasteiger partial charge in [-0.25, -0.2) is 14.5 Å². The van der Waals surface area contributed by atoms with Crippen LogP contribution < -0.4 is 10.2 Å². The molecule has 1 heterocycles. The number of carbonyl (C=O) groups excluding carboxylic acids is 4. The van der Waals surface area contributed by atoms with Gasteiger partial charge in [0.25, 0.3) is 11.8 Å². The Balaban J connectivity index is 1.58. The van der Waals surface area contributed by atoms with Gasteiger partial charge in [0.1, 0.15) is 5.57 Å². The summed E-state index contributed by atoms with van der Waals surface area (Å²) >= 11 is 0. The van der Waals surface area contributed by atoms with Crippen molar-refractivity contribution >= 4 is 46.4 Å². The number of hydrogen-bond acceptors (Lipinski definition) is 5. The molecule has 200 valence electrons. The molecule has 4 aromatic rings. The number of rotatable bonds is 6. The van der Waals surface area contributed by atoms with Gasteiger partial charge in [-0.3, -0.25) is 14.9 Å². The largest absolute Gasteiger partial charge is 0.462 e. The number of nitrogens with one attached hydrogen (secondary N) is 1. The van der Waals surface area contributed by atoms with E-state index in [1.165, 1.54) is 24.3 Å². The van der Waals surface area contributed by atoms with Gasteiger partial charge < -0.3 is 4.74 Å². The van der Waals surface area contributed by atoms with Gasteiger partial charge in [0.15, 0.2) is 0 Å². The Bertz CT molecular complexity index is 1680. The van der Waals surface area contributed by atoms with Crippen LogP contribution in [0.3, 0.4) is 0 Å². The van der Waals surface area contributed by atoms with Crippen LogP contribution in [0.1, 0.15) is 45.1 Å². The number of hydrogen-bond donors (Lipinski definition) is 1. The molecule has 1 fully saturated rings. The Hall–Kier alpha value is -5.04. The normalized spacial score (nSPS) is 14.5. The van der Waals surface area contributed by atoms with Gasteiger partial charge in [0.2, 0.25) is 0 Å². The molecule has 7 heteroatoms. The lowest BCUT2D eigenvalue weighted by Crippen LogP contribution is -2.54. The Labute approximate surface area is 232 Å². The van der Waals surface area contributed by atoms with Gasteiger partial charge in [0.05, 0.1) is 17.9 Å². The SMILES string of the molecule is CCOC(=O)c1ccc(N2C(=O)NC(=O)/C(=C\c3c(Cc4cc(C)cc(C)c4)ccc4ccccc34)C2=O)cc1. The fourth-order valence-electron chi connectivity index (χ4n) is 5.05. The maximum absolute atomic E-state index is 13.7. The summed E-state index contributed by atoms with van der Waals surface area (Å²) < 4.78 is 5.00. The third kappa shape index (κ3) is 5.27. The van der Waals surface area contributed by atoms with Crippen LogP contribution in [0.2, 0.25) is 0 Å². The number of nitrogens with zero attached hydrogens (tertiary/aromatic N) is 1. The fraction of sp³-hybridized carbons (Fsp3) is 0.152. The number of anilines is 1. The van der Waals surface area contributed by atoms with Crippen LogP contribution in [0.15, 0.2) is 84.4 Å². The van der Waals surface area contributed by atoms with Crippen molar-refractivity contribution in [3.63, 3.8) is 0 Å². The smallest absolute Gasteiger partial charge is 0.338 e. The quantitative estimate of drug-likeness (QED) is 0.190. The van der Waals surface area contributed by atoms with E-state index in [2.05, 4.69) is 37.4 Å². The predicted molar refractivity (Wildman–Crippen MR) is 154 cm³/mol. The number of urea groups is 1. The van der Waals surface area contributed by atoms with Crippen LogP contribution in [-0.4, -0.2) is 30.4 Å². The van der Waals surface area contributed by atoms with E-state index in [1.54, 1.807) is 13.0 Å². The fourth-order valence-corrected chi connectivity index (χ4v) is 5.05. The molecule has 0 bridgehead atoms. The summed E-state index contributed by atoms with van der Waals surface area (Å²) in [7, 11) is 0. The van der Waals surface area contributed by atoms with E-state index < -0.39 is 23.8 Å². The number of barbiturate groups is 1. The van der Waals surface area contributed by atoms with E-state index in [0.29, 0.717) is 6.42 Å². The summed E-state index contributed by atoms with van der Waals surface area (Å²) in [6, 6.07) is 23.2. The molecule has 0 aromatic heterocycles. The molecule has 1 aliphatic rings. The molecule has 40 heavy (non-hydrogen) atoms. The van der Waals surface area contributed by atoms with Gasteiger partial charge in [-0.15, -0.1) is 0 Å². The van der Waals surface area contributed by atoms with E-state index in [0.717, 1.165) is 43.5 Å². The molecule has 1 saturated heterocycles. The summed E-state index contributed by atoms with van der Waals surface area (Å²) in [5.41, 5.74) is 5.46. The molecular formula is C33H28N2O5. The van der Waals surface area contributed by atoms with Crippen LogP contribution >= 0.6 is 0 Å². The zero-order chi connectivity index (χ0) is 28.4. The van der Waals surface area contributed by atoms with E-state index in [4.69, 9.17) is 4.74 Å². The minimum Gasteiger partial charge on any atom is -0.462 e. The summed E-state index contributed by atoms with van der Waals surface area (Å²) in [5.74, 6) is -2.02. The van der Waals surface area contributed by atoms with Crippen molar-refractivity contribution in [2.75, 3.05) is 11.5 Å². The van der Waals surface area contributed by atoms with Crippen molar-refractivity contribution in [3.8, 4) is 0 Å². The van der Waals surface area contributed by atoms with Crippen LogP contribution in [0.25, 0.3) is 16.8 Å². The second-order valence-corrected chi connectivity index (χ2v) is 9.76. The van der Waals surface area contributed by atoms with Crippen LogP contribution in [0.5, 0.6) is 0 Å². The number of esters is 1. The molecule has 7 nitrogen and oxygen atoms in total. The lowest BCUT2D eigenvalue weighted by Gasteiger charge is -2.26. The topological polar surface area (TPSA) is 92.8 Å². The monoisotopic (exact) mass is 532 g/mol. The van der Waals surface area contributed by atoms with Gasteiger partial charge in [-0.2, -0.15) is 0 Å². The molecule has 1 N–H and O–H groups in total. The van der Waals surface area contributed by atoms with Crippen LogP contribution in [-0.2, 0) is 20.7 Å². The van der Waals surface area contributed by atoms with Crippen molar-refractivity contribution in [3.05, 3.63) is 118 Å². The highest BCUT2D eigenvalue weighted by Crippen LogP contribution is 2.29. The van der Waals surface area contributed by atoms with Crippen molar-refractivity contribution in [1.82, 2.24) is 5.32 Å². The molecule has 0 atom stereocenters. The van der Waals surface area contributed by atoms with Crippen LogP contribution in [0.4, 0.5) is 10.5 Å². The number of ether oxygens (including phenoxy) is 1. The van der Waals surface area contributed by atoms with Gasteiger partial charge >= 0.3 is 12.0 Å². The van der Waals surface area contributed by atoms with Crippen molar-refractivity contribution < 1.29 is 23.9 Å². The average Bonchev–Trinajstić information content (AvgIpc) is 2.91. The van der Waals surface area contributed by atoms with Gasteiger partial charge in [-0.05, 0) is 85.0 Å². The molecule has 5 rings (SSSR count). The lowest BCUT2D eigenvalue weighted by atomic mass is 9.91. The molecule has 0 radical (unpaired) electrons. The third-order valence-corrected chi connectivity index (χ3v) is 6.76. The third-order valence-electron chi connectivity index (χ3n) is 6.76. The number of benzene rings is 4. The van der Waals surface area contributed by atoms with Crippen LogP contribution in [0, 0.1) is 13.8 Å². The van der Waals surface area contributed by atoms with Crippen molar-refractivity contribution in [2.45, 2.75) is 27.2 Å². The molecule has 1 aliphatic heterocycles. The highest BCUT2D eigenvalue weighted by molar-refractivity contribution is 6.39. The van der Waals surface area contributed by atoms with E-state index in [1.807, 2.05) is 36.4 Å². The molecule has 0 aliphatic carbocycles. The average molecular weight is 533 g/mol. The van der Waals surface area contributed by atoms with E-state index in [-0.39, 0.29) is 23.4 Å². The number of fused-ring (bicyclic) bond motifs is 1. The zero-order valence-corrected chi connectivity index (χ0v) is 22.5. The molecule has 0 spiro atoms. The Morgan fingerprint density at radius 2 is 1.60 bits per heavy atom. The van der Waals surface area contributed by atoms with Gasteiger partial charge in [0, 0.05) is 0 Å². The zero-order valence-electron chi connectivity index (χ0n) is 22.5. The number of aryl methyl sites for hydroxylation is 2. The minimum atomic E-state index is -0.857. The van der Waals surface area contributed by atoms with Crippen molar-refractivity contribution in [2.24, 2.45) is 0 Å². The van der Waals surface area contributed by atoms with Gasteiger partial charge in [-0.1, -0.05) is 65.7 Å². The number of imide groups is 2. The first-order valence-electron chi connectivity index (χ1n) is 13.0. The highest BCUT2D eigenvalue weighted by atomic mass is 16.5. The summed E-state index contributed by atoms with van der Waals surface area (Å²) in [5, 5.41) is 4.14. The molecule has 4 aromatic carbocycles. The molecular weight excluding hydrogens is 504 g/mol. The second-order valence-electron chi connectivity index (χ2n) is 9.76. The number of carbonyl (C=O) groups is 4. The maximum Gasteiger partial charge on any atom is 0.338 e. The summed E-state index contributed by atoms with van der Waals surface area (Å²) in [6.45, 7) is 6.03. The Morgan fingerprint density at radius 1 is 0.900 bits per heavy atom. The molecule has 0 saturated carbocycles. The van der Waals surface area contributed by atoms with E-state index >= 15 is 0 Å². The first-order valence-corrected chi connectivity index (χ1v) is 13.0. The molecule has 4 amide bonds. The van der Waals surface area contributed by atoms with Crippen molar-refractivity contribution in [1.29, 1.82) is 0 Å². The minimum absolute atomic E-state index is 0.160. The Morgan fingerprint density at radius 3 is 2.30 bits per heavy atom. The second kappa shape index (κ2) is 11.0. The maximum atomic E-state index is 13.7. The summed E-state index contributed by atoms with van der Waals surface area (Å²) in [4.78, 5) is 52.4. The summed E-state index contributed by atoms with van der Waals surface area (Å²) in [6.07, 6.45) is 2.17. The standard InChI is InChI=1S/C33H28N2O5/c1-4-40-32(38)24-11-13-26(14-12-24)35-31(37)29(30(36)34-33(35)39)19-28-25(10-9-23-7-5-6-8-27(23)28)18-22-16-20(2)15-21(3)17-22/h5-17,19H,4,18H2,1-3H3,(H,34,36,39)/b29-19+. The van der Waals surface area contributed by atoms with E-state index in [9.17, 15) is 19.2 Å². The Kier molecular flexibility index (Phi) is 7.29. The first-order chi connectivity index (χ1) is 19.2. The highest BCUT2D eigenvalue weighted by Gasteiger charge is 2.37. The first kappa shape index (κ1) is 26.6.